The predicted octanol–water partition coefficient (Wildman–Crippen LogP) is 3.98. The van der Waals surface area contributed by atoms with Gasteiger partial charge in [0.25, 0.3) is 0 Å². The van der Waals surface area contributed by atoms with Crippen molar-refractivity contribution in [3.63, 3.8) is 0 Å². The van der Waals surface area contributed by atoms with Gasteiger partial charge in [-0.3, -0.25) is 4.79 Å². The Hall–Kier alpha value is -3.26. The molecule has 0 atom stereocenters. The lowest BCUT2D eigenvalue weighted by molar-refractivity contribution is 0.0474. The summed E-state index contributed by atoms with van der Waals surface area (Å²) in [7, 11) is -3.48. The van der Waals surface area contributed by atoms with Crippen LogP contribution in [-0.4, -0.2) is 37.6 Å². The van der Waals surface area contributed by atoms with Gasteiger partial charge in [-0.15, -0.1) is 0 Å². The molecule has 31 heavy (non-hydrogen) atoms. The van der Waals surface area contributed by atoms with Crippen LogP contribution in [0.2, 0.25) is 0 Å². The van der Waals surface area contributed by atoms with Gasteiger partial charge in [0.05, 0.1) is 10.5 Å². The van der Waals surface area contributed by atoms with Crippen molar-refractivity contribution in [3.8, 4) is 5.69 Å². The Bertz CT molecular complexity index is 1290. The van der Waals surface area contributed by atoms with Crippen LogP contribution in [-0.2, 0) is 14.6 Å². The summed E-state index contributed by atoms with van der Waals surface area (Å²) in [5, 5.41) is 0. The van der Waals surface area contributed by atoms with Gasteiger partial charge in [0.15, 0.2) is 16.4 Å². The first-order valence-corrected chi connectivity index (χ1v) is 11.3. The first-order valence-electron chi connectivity index (χ1n) is 9.45. The summed E-state index contributed by atoms with van der Waals surface area (Å²) in [5.74, 6) is -1.56. The molecule has 0 aliphatic rings. The molecule has 6 nitrogen and oxygen atoms in total. The summed E-state index contributed by atoms with van der Waals surface area (Å²) in [6, 6.07) is 11.9. The Morgan fingerprint density at radius 2 is 1.74 bits per heavy atom. The highest BCUT2D eigenvalue weighted by Gasteiger charge is 2.20. The number of carbonyl (C=O) groups is 2. The van der Waals surface area contributed by atoms with Crippen LogP contribution in [0.4, 0.5) is 4.39 Å². The number of esters is 1. The standard InChI is InChI=1S/C23H22FNO5S/c1-14-8-9-18(12-21(14)24)25-15(2)10-20(16(25)3)22(26)13-30-23(27)17-6-5-7-19(11-17)31(4,28)29/h5-12H,13H2,1-4H3. The Morgan fingerprint density at radius 1 is 1.03 bits per heavy atom. The van der Waals surface area contributed by atoms with E-state index < -0.39 is 28.2 Å². The topological polar surface area (TPSA) is 82.4 Å². The normalized spacial score (nSPS) is 11.4. The second kappa shape index (κ2) is 8.47. The molecular weight excluding hydrogens is 421 g/mol. The van der Waals surface area contributed by atoms with E-state index in [-0.39, 0.29) is 16.3 Å². The number of carbonyl (C=O) groups excluding carboxylic acids is 2. The van der Waals surface area contributed by atoms with E-state index >= 15 is 0 Å². The molecule has 0 radical (unpaired) electrons. The van der Waals surface area contributed by atoms with Crippen molar-refractivity contribution in [1.29, 1.82) is 0 Å². The molecule has 0 saturated carbocycles. The highest BCUT2D eigenvalue weighted by Crippen LogP contribution is 2.23. The van der Waals surface area contributed by atoms with Crippen molar-refractivity contribution in [3.05, 3.63) is 82.4 Å². The van der Waals surface area contributed by atoms with Crippen molar-refractivity contribution in [1.82, 2.24) is 4.57 Å². The van der Waals surface area contributed by atoms with Crippen LogP contribution in [0, 0.1) is 26.6 Å². The van der Waals surface area contributed by atoms with Crippen LogP contribution in [0.3, 0.4) is 0 Å². The number of benzene rings is 2. The molecule has 0 aliphatic carbocycles. The zero-order valence-corrected chi connectivity index (χ0v) is 18.4. The van der Waals surface area contributed by atoms with Crippen molar-refractivity contribution < 1.29 is 27.1 Å². The number of rotatable bonds is 6. The molecule has 0 saturated heterocycles. The molecule has 162 valence electrons. The second-order valence-electron chi connectivity index (χ2n) is 7.35. The zero-order valence-electron chi connectivity index (χ0n) is 17.6. The third-order valence-corrected chi connectivity index (χ3v) is 6.09. The molecule has 3 rings (SSSR count). The van der Waals surface area contributed by atoms with Gasteiger partial charge in [-0.1, -0.05) is 12.1 Å². The van der Waals surface area contributed by atoms with E-state index in [9.17, 15) is 22.4 Å². The van der Waals surface area contributed by atoms with E-state index in [4.69, 9.17) is 4.74 Å². The number of nitrogens with zero attached hydrogens (tertiary/aromatic N) is 1. The van der Waals surface area contributed by atoms with Crippen molar-refractivity contribution in [2.45, 2.75) is 25.7 Å². The van der Waals surface area contributed by atoms with Crippen molar-refractivity contribution in [2.75, 3.05) is 12.9 Å². The number of ketones is 1. The van der Waals surface area contributed by atoms with Crippen LogP contribution in [0.1, 0.15) is 37.7 Å². The Labute approximate surface area is 180 Å². The lowest BCUT2D eigenvalue weighted by Gasteiger charge is -2.11. The average molecular weight is 443 g/mol. The lowest BCUT2D eigenvalue weighted by atomic mass is 10.1. The molecule has 3 aromatic rings. The smallest absolute Gasteiger partial charge is 0.338 e. The highest BCUT2D eigenvalue weighted by molar-refractivity contribution is 7.90. The van der Waals surface area contributed by atoms with E-state index in [0.717, 1.165) is 11.9 Å². The maximum Gasteiger partial charge on any atom is 0.338 e. The van der Waals surface area contributed by atoms with Gasteiger partial charge in [0, 0.05) is 28.9 Å². The molecule has 1 heterocycles. The largest absolute Gasteiger partial charge is 0.454 e. The Morgan fingerprint density at radius 3 is 2.39 bits per heavy atom. The number of hydrogen-bond donors (Lipinski definition) is 0. The zero-order chi connectivity index (χ0) is 22.9. The molecule has 0 bridgehead atoms. The number of aryl methyl sites for hydroxylation is 2. The van der Waals surface area contributed by atoms with Crippen molar-refractivity contribution in [2.24, 2.45) is 0 Å². The fourth-order valence-electron chi connectivity index (χ4n) is 3.31. The van der Waals surface area contributed by atoms with Gasteiger partial charge in [0.2, 0.25) is 5.78 Å². The van der Waals surface area contributed by atoms with E-state index in [1.807, 2.05) is 0 Å². The van der Waals surface area contributed by atoms with Gasteiger partial charge >= 0.3 is 5.97 Å². The van der Waals surface area contributed by atoms with Gasteiger partial charge in [-0.05, 0) is 62.7 Å². The summed E-state index contributed by atoms with van der Waals surface area (Å²) in [4.78, 5) is 25.0. The van der Waals surface area contributed by atoms with Gasteiger partial charge in [-0.2, -0.15) is 0 Å². The summed E-state index contributed by atoms with van der Waals surface area (Å²) in [6.07, 6.45) is 1.04. The minimum absolute atomic E-state index is 0.0119. The van der Waals surface area contributed by atoms with E-state index in [1.54, 1.807) is 43.5 Å². The van der Waals surface area contributed by atoms with Gasteiger partial charge in [0.1, 0.15) is 5.82 Å². The molecule has 0 fully saturated rings. The maximum absolute atomic E-state index is 14.0. The molecular formula is C23H22FNO5S. The molecule has 0 aliphatic heterocycles. The summed E-state index contributed by atoms with van der Waals surface area (Å²) in [5.41, 5.74) is 2.84. The Kier molecular flexibility index (Phi) is 6.13. The SMILES string of the molecule is Cc1ccc(-n2c(C)cc(C(=O)COC(=O)c3cccc(S(C)(=O)=O)c3)c2C)cc1F. The molecule has 0 unspecified atom stereocenters. The third kappa shape index (κ3) is 4.74. The fraction of sp³-hybridized carbons (Fsp3) is 0.217. The predicted molar refractivity (Wildman–Crippen MR) is 114 cm³/mol. The molecule has 2 aromatic carbocycles. The number of Topliss-reactive ketones (excluding diaryl/α,β-unsaturated/α-hetero) is 1. The summed E-state index contributed by atoms with van der Waals surface area (Å²) >= 11 is 0. The fourth-order valence-corrected chi connectivity index (χ4v) is 3.98. The third-order valence-electron chi connectivity index (χ3n) is 4.98. The molecule has 8 heteroatoms. The van der Waals surface area contributed by atoms with Crippen molar-refractivity contribution >= 4 is 21.6 Å². The molecule has 0 spiro atoms. The summed E-state index contributed by atoms with van der Waals surface area (Å²) in [6.45, 7) is 4.69. The van der Waals surface area contributed by atoms with Crippen LogP contribution >= 0.6 is 0 Å². The quantitative estimate of drug-likeness (QED) is 0.425. The minimum Gasteiger partial charge on any atom is -0.454 e. The monoisotopic (exact) mass is 443 g/mol. The number of sulfone groups is 1. The first kappa shape index (κ1) is 22.4. The first-order chi connectivity index (χ1) is 14.5. The minimum atomic E-state index is -3.48. The number of hydrogen-bond acceptors (Lipinski definition) is 5. The van der Waals surface area contributed by atoms with Crippen LogP contribution in [0.25, 0.3) is 5.69 Å². The number of halogens is 1. The molecule has 0 N–H and O–H groups in total. The van der Waals surface area contributed by atoms with Crippen LogP contribution in [0.5, 0.6) is 0 Å². The molecule has 1 aromatic heterocycles. The maximum atomic E-state index is 14.0. The van der Waals surface area contributed by atoms with E-state index in [1.165, 1.54) is 30.3 Å². The molecule has 0 amide bonds. The number of aromatic nitrogens is 1. The van der Waals surface area contributed by atoms with Crippen LogP contribution in [0.15, 0.2) is 53.4 Å². The van der Waals surface area contributed by atoms with E-state index in [2.05, 4.69) is 0 Å². The van der Waals surface area contributed by atoms with E-state index in [0.29, 0.717) is 22.5 Å². The lowest BCUT2D eigenvalue weighted by Crippen LogP contribution is -2.15. The number of ether oxygens (including phenoxy) is 1. The summed E-state index contributed by atoms with van der Waals surface area (Å²) < 4.78 is 44.2. The van der Waals surface area contributed by atoms with Gasteiger partial charge in [-0.25, -0.2) is 17.6 Å². The van der Waals surface area contributed by atoms with Gasteiger partial charge < -0.3 is 9.30 Å². The average Bonchev–Trinajstić information content (AvgIpc) is 3.01. The highest BCUT2D eigenvalue weighted by atomic mass is 32.2. The second-order valence-corrected chi connectivity index (χ2v) is 9.37. The Balaban J connectivity index is 1.79. The van der Waals surface area contributed by atoms with Crippen LogP contribution < -0.4 is 0 Å².